The van der Waals surface area contributed by atoms with Gasteiger partial charge in [-0.3, -0.25) is 9.20 Å². The highest BCUT2D eigenvalue weighted by Crippen LogP contribution is 2.28. The highest BCUT2D eigenvalue weighted by molar-refractivity contribution is 7.15. The molecule has 4 aromatic rings. The minimum absolute atomic E-state index is 0.236. The molecule has 0 saturated heterocycles. The number of aromatic nitrogens is 2. The fraction of sp³-hybridized carbons (Fsp3) is 0. The van der Waals surface area contributed by atoms with Gasteiger partial charge in [-0.1, -0.05) is 0 Å². The summed E-state index contributed by atoms with van der Waals surface area (Å²) in [5.74, 6) is -0.946. The van der Waals surface area contributed by atoms with Crippen LogP contribution in [-0.2, 0) is 0 Å². The third-order valence-electron chi connectivity index (χ3n) is 3.94. The van der Waals surface area contributed by atoms with Gasteiger partial charge in [0.1, 0.15) is 11.6 Å². The summed E-state index contributed by atoms with van der Waals surface area (Å²) in [4.78, 5) is 17.7. The maximum atomic E-state index is 13.2. The number of carbonyl (C=O) groups excluding carboxylic acids is 1. The van der Waals surface area contributed by atoms with Crippen LogP contribution in [0.2, 0.25) is 0 Å². The second-order valence-corrected chi connectivity index (χ2v) is 6.49. The average molecular weight is 366 g/mol. The number of allylic oxidation sites excluding steroid dienone is 1. The smallest absolute Gasteiger partial charge is 0.194 e. The van der Waals surface area contributed by atoms with Crippen molar-refractivity contribution in [3.8, 4) is 11.3 Å². The normalized spacial score (nSPS) is 11.5. The monoisotopic (exact) mass is 366 g/mol. The van der Waals surface area contributed by atoms with Crippen LogP contribution in [0.3, 0.4) is 0 Å². The first-order valence-electron chi connectivity index (χ1n) is 7.81. The van der Waals surface area contributed by atoms with Crippen molar-refractivity contribution in [3.05, 3.63) is 89.1 Å². The number of imidazole rings is 1. The average Bonchev–Trinajstić information content (AvgIpc) is 3.22. The van der Waals surface area contributed by atoms with Crippen LogP contribution >= 0.6 is 11.3 Å². The molecule has 0 amide bonds. The molecule has 0 radical (unpaired) electrons. The molecule has 0 bridgehead atoms. The maximum absolute atomic E-state index is 13.2. The highest BCUT2D eigenvalue weighted by atomic mass is 32.1. The lowest BCUT2D eigenvalue weighted by molar-refractivity contribution is 0.104. The summed E-state index contributed by atoms with van der Waals surface area (Å²) in [7, 11) is 0. The van der Waals surface area contributed by atoms with Gasteiger partial charge in [-0.15, -0.1) is 11.3 Å². The molecule has 2 heterocycles. The van der Waals surface area contributed by atoms with E-state index in [4.69, 9.17) is 0 Å². The molecule has 3 nitrogen and oxygen atoms in total. The van der Waals surface area contributed by atoms with E-state index in [-0.39, 0.29) is 17.4 Å². The second-order valence-electron chi connectivity index (χ2n) is 5.61. The number of carbonyl (C=O) groups is 1. The summed E-state index contributed by atoms with van der Waals surface area (Å²) in [6, 6.07) is 11.4. The third kappa shape index (κ3) is 3.07. The first kappa shape index (κ1) is 16.4. The fourth-order valence-electron chi connectivity index (χ4n) is 2.65. The zero-order valence-corrected chi connectivity index (χ0v) is 14.2. The van der Waals surface area contributed by atoms with Crippen molar-refractivity contribution < 1.29 is 13.6 Å². The Morgan fingerprint density at radius 3 is 2.35 bits per heavy atom. The van der Waals surface area contributed by atoms with Crippen molar-refractivity contribution in [1.82, 2.24) is 9.38 Å². The molecule has 4 rings (SSSR count). The first-order valence-corrected chi connectivity index (χ1v) is 8.69. The number of halogens is 2. The van der Waals surface area contributed by atoms with Crippen LogP contribution < -0.4 is 0 Å². The summed E-state index contributed by atoms with van der Waals surface area (Å²) < 4.78 is 28.1. The summed E-state index contributed by atoms with van der Waals surface area (Å²) in [6.07, 6.45) is 4.97. The van der Waals surface area contributed by atoms with Crippen molar-refractivity contribution in [3.63, 3.8) is 0 Å². The molecular weight excluding hydrogens is 354 g/mol. The van der Waals surface area contributed by atoms with Gasteiger partial charge in [0.15, 0.2) is 10.7 Å². The van der Waals surface area contributed by atoms with E-state index in [0.29, 0.717) is 11.3 Å². The van der Waals surface area contributed by atoms with E-state index in [1.54, 1.807) is 18.2 Å². The van der Waals surface area contributed by atoms with Crippen LogP contribution in [0, 0.1) is 11.6 Å². The van der Waals surface area contributed by atoms with Crippen LogP contribution in [0.25, 0.3) is 22.3 Å². The first-order chi connectivity index (χ1) is 12.6. The molecule has 0 fully saturated rings. The van der Waals surface area contributed by atoms with Crippen LogP contribution in [-0.4, -0.2) is 15.2 Å². The number of rotatable bonds is 4. The molecule has 0 aliphatic heterocycles. The van der Waals surface area contributed by atoms with Crippen molar-refractivity contribution in [2.24, 2.45) is 0 Å². The number of hydrogen-bond acceptors (Lipinski definition) is 3. The molecule has 0 N–H and O–H groups in total. The molecule has 6 heteroatoms. The van der Waals surface area contributed by atoms with E-state index in [0.717, 1.165) is 16.2 Å². The Labute approximate surface area is 151 Å². The van der Waals surface area contributed by atoms with E-state index in [1.165, 1.54) is 53.8 Å². The van der Waals surface area contributed by atoms with Gasteiger partial charge < -0.3 is 0 Å². The topological polar surface area (TPSA) is 34.4 Å². The van der Waals surface area contributed by atoms with Gasteiger partial charge in [0.25, 0.3) is 0 Å². The van der Waals surface area contributed by atoms with E-state index in [9.17, 15) is 13.6 Å². The highest BCUT2D eigenvalue weighted by Gasteiger charge is 2.13. The Morgan fingerprint density at radius 1 is 1.00 bits per heavy atom. The molecule has 0 saturated carbocycles. The number of nitrogens with zero attached hydrogens (tertiary/aromatic N) is 2. The van der Waals surface area contributed by atoms with E-state index < -0.39 is 0 Å². The number of benzene rings is 2. The second kappa shape index (κ2) is 6.65. The van der Waals surface area contributed by atoms with E-state index >= 15 is 0 Å². The molecule has 0 unspecified atom stereocenters. The van der Waals surface area contributed by atoms with Crippen LogP contribution in [0.1, 0.15) is 16.1 Å². The largest absolute Gasteiger partial charge is 0.290 e. The van der Waals surface area contributed by atoms with Crippen molar-refractivity contribution in [2.45, 2.75) is 0 Å². The Hall–Kier alpha value is -3.12. The molecule has 128 valence electrons. The number of fused-ring (bicyclic) bond motifs is 1. The molecule has 0 spiro atoms. The Morgan fingerprint density at radius 2 is 1.65 bits per heavy atom. The summed E-state index contributed by atoms with van der Waals surface area (Å²) in [5, 5.41) is 1.90. The molecule has 2 aromatic heterocycles. The molecular formula is C20H12F2N2OS. The minimum Gasteiger partial charge on any atom is -0.290 e. The van der Waals surface area contributed by atoms with Gasteiger partial charge in [0, 0.05) is 22.7 Å². The van der Waals surface area contributed by atoms with E-state index in [2.05, 4.69) is 4.98 Å². The van der Waals surface area contributed by atoms with Crippen molar-refractivity contribution in [2.75, 3.05) is 0 Å². The summed E-state index contributed by atoms with van der Waals surface area (Å²) in [6.45, 7) is 0. The predicted octanol–water partition coefficient (Wildman–Crippen LogP) is 5.24. The van der Waals surface area contributed by atoms with Crippen LogP contribution in [0.4, 0.5) is 8.78 Å². The summed E-state index contributed by atoms with van der Waals surface area (Å²) >= 11 is 1.47. The third-order valence-corrected chi connectivity index (χ3v) is 4.69. The van der Waals surface area contributed by atoms with Gasteiger partial charge in [-0.25, -0.2) is 13.8 Å². The Kier molecular flexibility index (Phi) is 4.18. The zero-order chi connectivity index (χ0) is 18.1. The van der Waals surface area contributed by atoms with Gasteiger partial charge in [0.05, 0.1) is 11.4 Å². The number of hydrogen-bond donors (Lipinski definition) is 0. The van der Waals surface area contributed by atoms with Gasteiger partial charge >= 0.3 is 0 Å². The Bertz CT molecular complexity index is 1110. The van der Waals surface area contributed by atoms with Gasteiger partial charge in [-0.2, -0.15) is 0 Å². The summed E-state index contributed by atoms with van der Waals surface area (Å²) in [5.41, 5.74) is 2.55. The predicted molar refractivity (Wildman–Crippen MR) is 98.2 cm³/mol. The molecule has 26 heavy (non-hydrogen) atoms. The number of ketones is 1. The van der Waals surface area contributed by atoms with Gasteiger partial charge in [-0.05, 0) is 60.7 Å². The quantitative estimate of drug-likeness (QED) is 0.366. The molecule has 2 aromatic carbocycles. The molecule has 0 aliphatic rings. The van der Waals surface area contributed by atoms with Crippen LogP contribution in [0.15, 0.2) is 66.2 Å². The van der Waals surface area contributed by atoms with E-state index in [1.807, 2.05) is 16.0 Å². The molecule has 0 aliphatic carbocycles. The lowest BCUT2D eigenvalue weighted by Gasteiger charge is -2.00. The van der Waals surface area contributed by atoms with Gasteiger partial charge in [0.2, 0.25) is 0 Å². The van der Waals surface area contributed by atoms with Crippen LogP contribution in [0.5, 0.6) is 0 Å². The minimum atomic E-state index is -0.389. The standard InChI is InChI=1S/C20H12F2N2OS/c21-15-5-1-13(2-6-15)18(25)10-9-17-19(14-3-7-16(22)8-4-14)23-20-24(17)11-12-26-20/h1-12H/b10-9+. The fourth-order valence-corrected chi connectivity index (χ4v) is 3.37. The zero-order valence-electron chi connectivity index (χ0n) is 13.4. The lowest BCUT2D eigenvalue weighted by Crippen LogP contribution is -1.94. The van der Waals surface area contributed by atoms with Crippen molar-refractivity contribution in [1.29, 1.82) is 0 Å². The maximum Gasteiger partial charge on any atom is 0.194 e. The van der Waals surface area contributed by atoms with Crippen molar-refractivity contribution >= 4 is 28.2 Å². The number of thiazole rings is 1. The Balaban J connectivity index is 1.74. The lowest BCUT2D eigenvalue weighted by atomic mass is 10.1. The SMILES string of the molecule is O=C(/C=C/c1c(-c2ccc(F)cc2)nc2sccn12)c1ccc(F)cc1. The molecule has 0 atom stereocenters.